The van der Waals surface area contributed by atoms with Crippen LogP contribution in [0.3, 0.4) is 0 Å². The van der Waals surface area contributed by atoms with Crippen molar-refractivity contribution in [2.75, 3.05) is 11.8 Å². The molecule has 2 aromatic carbocycles. The Hall–Kier alpha value is -2.78. The zero-order valence-electron chi connectivity index (χ0n) is 13.5. The van der Waals surface area contributed by atoms with Crippen LogP contribution in [0, 0.1) is 5.82 Å². The fraction of sp³-hybridized carbons (Fsp3) is 0.0588. The third-order valence-electron chi connectivity index (χ3n) is 3.45. The van der Waals surface area contributed by atoms with Crippen LogP contribution in [0.5, 0.6) is 0 Å². The molecule has 0 saturated heterocycles. The Morgan fingerprint density at radius 3 is 2.38 bits per heavy atom. The standard InChI is InChI=1S/C17H13FN2O4S2/c1-24-16(21)12-4-8-14(9-5-12)26(22,23)20-17-19-15(10-25-17)11-2-6-13(18)7-3-11/h2-10H,1H3,(H,19,20). The molecule has 0 amide bonds. The van der Waals surface area contributed by atoms with E-state index in [4.69, 9.17) is 0 Å². The van der Waals surface area contributed by atoms with Crippen molar-refractivity contribution in [2.24, 2.45) is 0 Å². The van der Waals surface area contributed by atoms with E-state index in [1.165, 1.54) is 43.5 Å². The summed E-state index contributed by atoms with van der Waals surface area (Å²) in [4.78, 5) is 15.6. The third kappa shape index (κ3) is 3.89. The minimum Gasteiger partial charge on any atom is -0.465 e. The van der Waals surface area contributed by atoms with Crippen molar-refractivity contribution in [1.29, 1.82) is 0 Å². The van der Waals surface area contributed by atoms with Gasteiger partial charge >= 0.3 is 5.97 Å². The largest absolute Gasteiger partial charge is 0.465 e. The lowest BCUT2D eigenvalue weighted by atomic mass is 10.2. The number of sulfonamides is 1. The number of hydrogen-bond donors (Lipinski definition) is 1. The van der Waals surface area contributed by atoms with Gasteiger partial charge in [-0.2, -0.15) is 0 Å². The number of halogens is 1. The summed E-state index contributed by atoms with van der Waals surface area (Å²) in [7, 11) is -2.61. The number of anilines is 1. The monoisotopic (exact) mass is 392 g/mol. The van der Waals surface area contributed by atoms with Crippen LogP contribution in [0.4, 0.5) is 9.52 Å². The number of aromatic nitrogens is 1. The van der Waals surface area contributed by atoms with Crippen LogP contribution >= 0.6 is 11.3 Å². The number of esters is 1. The van der Waals surface area contributed by atoms with Crippen LogP contribution < -0.4 is 4.72 Å². The van der Waals surface area contributed by atoms with E-state index >= 15 is 0 Å². The molecule has 1 aromatic heterocycles. The summed E-state index contributed by atoms with van der Waals surface area (Å²) in [5.74, 6) is -0.911. The molecule has 0 aliphatic rings. The number of hydrogen-bond acceptors (Lipinski definition) is 6. The first-order valence-corrected chi connectivity index (χ1v) is 9.68. The minimum absolute atomic E-state index is 0.0105. The van der Waals surface area contributed by atoms with Crippen molar-refractivity contribution < 1.29 is 22.3 Å². The normalized spacial score (nSPS) is 11.2. The van der Waals surface area contributed by atoms with Crippen LogP contribution in [-0.4, -0.2) is 26.5 Å². The number of nitrogens with one attached hydrogen (secondary N) is 1. The Labute approximate surface area is 153 Å². The first-order valence-electron chi connectivity index (χ1n) is 7.32. The summed E-state index contributed by atoms with van der Waals surface area (Å²) in [5.41, 5.74) is 1.46. The zero-order valence-corrected chi connectivity index (χ0v) is 15.1. The smallest absolute Gasteiger partial charge is 0.337 e. The molecule has 0 saturated carbocycles. The molecule has 0 aliphatic carbocycles. The summed E-state index contributed by atoms with van der Waals surface area (Å²) in [6.07, 6.45) is 0. The van der Waals surface area contributed by atoms with Gasteiger partial charge in [-0.15, -0.1) is 11.3 Å². The molecule has 0 spiro atoms. The summed E-state index contributed by atoms with van der Waals surface area (Å²) in [6.45, 7) is 0. The molecule has 6 nitrogen and oxygen atoms in total. The number of thiazole rings is 1. The molecule has 0 radical (unpaired) electrons. The van der Waals surface area contributed by atoms with Gasteiger partial charge in [-0.05, 0) is 48.5 Å². The van der Waals surface area contributed by atoms with Gasteiger partial charge in [-0.25, -0.2) is 22.6 Å². The Bertz CT molecular complexity index is 1030. The fourth-order valence-electron chi connectivity index (χ4n) is 2.14. The molecule has 1 N–H and O–H groups in total. The molecule has 0 fully saturated rings. The molecule has 3 aromatic rings. The second-order valence-corrected chi connectivity index (χ2v) is 7.71. The maximum absolute atomic E-state index is 13.0. The van der Waals surface area contributed by atoms with Crippen LogP contribution in [0.1, 0.15) is 10.4 Å². The van der Waals surface area contributed by atoms with Gasteiger partial charge in [-0.3, -0.25) is 4.72 Å². The topological polar surface area (TPSA) is 85.4 Å². The lowest BCUT2D eigenvalue weighted by molar-refractivity contribution is 0.0600. The quantitative estimate of drug-likeness (QED) is 0.672. The van der Waals surface area contributed by atoms with Gasteiger partial charge in [0.2, 0.25) is 0 Å². The van der Waals surface area contributed by atoms with E-state index in [-0.39, 0.29) is 21.4 Å². The molecule has 9 heteroatoms. The lowest BCUT2D eigenvalue weighted by Gasteiger charge is -2.06. The van der Waals surface area contributed by atoms with Crippen molar-refractivity contribution in [1.82, 2.24) is 4.98 Å². The van der Waals surface area contributed by atoms with Gasteiger partial charge in [0.25, 0.3) is 10.0 Å². The van der Waals surface area contributed by atoms with Gasteiger partial charge in [-0.1, -0.05) is 0 Å². The molecule has 134 valence electrons. The van der Waals surface area contributed by atoms with Crippen molar-refractivity contribution in [3.8, 4) is 11.3 Å². The predicted octanol–water partition coefficient (Wildman–Crippen LogP) is 3.54. The maximum atomic E-state index is 13.0. The Morgan fingerprint density at radius 2 is 1.77 bits per heavy atom. The van der Waals surface area contributed by atoms with E-state index < -0.39 is 16.0 Å². The summed E-state index contributed by atoms with van der Waals surface area (Å²) in [6, 6.07) is 11.1. The fourth-order valence-corrected chi connectivity index (χ4v) is 4.11. The highest BCUT2D eigenvalue weighted by Gasteiger charge is 2.17. The van der Waals surface area contributed by atoms with Gasteiger partial charge in [0, 0.05) is 10.9 Å². The Balaban J connectivity index is 1.79. The highest BCUT2D eigenvalue weighted by atomic mass is 32.2. The molecule has 1 heterocycles. The van der Waals surface area contributed by atoms with Crippen molar-refractivity contribution in [3.63, 3.8) is 0 Å². The predicted molar refractivity (Wildman–Crippen MR) is 96.1 cm³/mol. The van der Waals surface area contributed by atoms with E-state index in [1.54, 1.807) is 17.5 Å². The highest BCUT2D eigenvalue weighted by molar-refractivity contribution is 7.93. The van der Waals surface area contributed by atoms with Gasteiger partial charge in [0.05, 0.1) is 23.3 Å². The number of nitrogens with zero attached hydrogens (tertiary/aromatic N) is 1. The number of carbonyl (C=O) groups excluding carboxylic acids is 1. The third-order valence-corrected chi connectivity index (χ3v) is 5.69. The van der Waals surface area contributed by atoms with E-state index in [1.807, 2.05) is 0 Å². The zero-order chi connectivity index (χ0) is 18.7. The average Bonchev–Trinajstić information content (AvgIpc) is 3.09. The SMILES string of the molecule is COC(=O)c1ccc(S(=O)(=O)Nc2nc(-c3ccc(F)cc3)cs2)cc1. The van der Waals surface area contributed by atoms with E-state index in [0.717, 1.165) is 11.3 Å². The molecular weight excluding hydrogens is 379 g/mol. The van der Waals surface area contributed by atoms with Crippen LogP contribution in [0.2, 0.25) is 0 Å². The summed E-state index contributed by atoms with van der Waals surface area (Å²) < 4.78 is 44.8. The summed E-state index contributed by atoms with van der Waals surface area (Å²) >= 11 is 1.11. The number of rotatable bonds is 5. The molecular formula is C17H13FN2O4S2. The Kier molecular flexibility index (Phi) is 5.01. The number of carbonyl (C=O) groups is 1. The lowest BCUT2D eigenvalue weighted by Crippen LogP contribution is -2.13. The van der Waals surface area contributed by atoms with E-state index in [2.05, 4.69) is 14.4 Å². The van der Waals surface area contributed by atoms with Crippen LogP contribution in [0.15, 0.2) is 58.8 Å². The molecule has 0 bridgehead atoms. The average molecular weight is 392 g/mol. The number of ether oxygens (including phenoxy) is 1. The van der Waals surface area contributed by atoms with Crippen LogP contribution in [0.25, 0.3) is 11.3 Å². The molecule has 0 atom stereocenters. The van der Waals surface area contributed by atoms with E-state index in [9.17, 15) is 17.6 Å². The van der Waals surface area contributed by atoms with Crippen molar-refractivity contribution in [3.05, 3.63) is 65.3 Å². The minimum atomic E-state index is -3.85. The van der Waals surface area contributed by atoms with Gasteiger partial charge < -0.3 is 4.74 Å². The molecule has 0 aliphatic heterocycles. The highest BCUT2D eigenvalue weighted by Crippen LogP contribution is 2.26. The van der Waals surface area contributed by atoms with E-state index in [0.29, 0.717) is 11.3 Å². The second kappa shape index (κ2) is 7.22. The first-order chi connectivity index (χ1) is 12.4. The summed E-state index contributed by atoms with van der Waals surface area (Å²) in [5, 5.41) is 1.85. The van der Waals surface area contributed by atoms with Crippen LogP contribution in [-0.2, 0) is 14.8 Å². The van der Waals surface area contributed by atoms with Crippen molar-refractivity contribution in [2.45, 2.75) is 4.90 Å². The maximum Gasteiger partial charge on any atom is 0.337 e. The van der Waals surface area contributed by atoms with Gasteiger partial charge in [0.15, 0.2) is 5.13 Å². The molecule has 3 rings (SSSR count). The molecule has 26 heavy (non-hydrogen) atoms. The second-order valence-electron chi connectivity index (χ2n) is 5.17. The molecule has 0 unspecified atom stereocenters. The van der Waals surface area contributed by atoms with Gasteiger partial charge in [0.1, 0.15) is 5.82 Å². The van der Waals surface area contributed by atoms with Crippen molar-refractivity contribution >= 4 is 32.5 Å². The number of methoxy groups -OCH3 is 1. The Morgan fingerprint density at radius 1 is 1.12 bits per heavy atom. The first kappa shape index (κ1) is 18.0. The number of benzene rings is 2.